The second-order valence-corrected chi connectivity index (χ2v) is 7.27. The van der Waals surface area contributed by atoms with Crippen molar-refractivity contribution in [1.29, 1.82) is 0 Å². The molecule has 1 rings (SSSR count). The Kier molecular flexibility index (Phi) is 5.61. The van der Waals surface area contributed by atoms with Gasteiger partial charge >= 0.3 is 0 Å². The molecule has 118 valence electrons. The lowest BCUT2D eigenvalue weighted by atomic mass is 9.76. The Morgan fingerprint density at radius 2 is 2.10 bits per heavy atom. The molecule has 0 aliphatic heterocycles. The van der Waals surface area contributed by atoms with Gasteiger partial charge in [0.2, 0.25) is 5.91 Å². The smallest absolute Gasteiger partial charge is 0.237 e. The molecule has 1 amide bonds. The van der Waals surface area contributed by atoms with Gasteiger partial charge in [-0.05, 0) is 66.8 Å². The number of nitrogens with two attached hydrogens (primary N) is 1. The van der Waals surface area contributed by atoms with Crippen LogP contribution in [0.4, 0.5) is 0 Å². The molecule has 0 aromatic carbocycles. The number of nitrogens with zero attached hydrogens (tertiary/aromatic N) is 1. The summed E-state index contributed by atoms with van der Waals surface area (Å²) in [7, 11) is 2.18. The summed E-state index contributed by atoms with van der Waals surface area (Å²) in [6.07, 6.45) is 4.98. The maximum atomic E-state index is 12.0. The predicted molar refractivity (Wildman–Crippen MR) is 84.6 cm³/mol. The van der Waals surface area contributed by atoms with E-state index in [4.69, 9.17) is 5.73 Å². The van der Waals surface area contributed by atoms with Crippen molar-refractivity contribution in [2.45, 2.75) is 89.9 Å². The minimum atomic E-state index is -0.533. The van der Waals surface area contributed by atoms with Crippen LogP contribution >= 0.6 is 0 Å². The fraction of sp³-hybridized carbons (Fsp3) is 0.938. The zero-order chi connectivity index (χ0) is 15.6. The summed E-state index contributed by atoms with van der Waals surface area (Å²) >= 11 is 0. The van der Waals surface area contributed by atoms with E-state index in [2.05, 4.69) is 51.9 Å². The number of rotatable bonds is 6. The lowest BCUT2D eigenvalue weighted by Crippen LogP contribution is -2.63. The van der Waals surface area contributed by atoms with Gasteiger partial charge in [-0.1, -0.05) is 6.92 Å². The van der Waals surface area contributed by atoms with E-state index in [9.17, 15) is 4.79 Å². The fourth-order valence-electron chi connectivity index (χ4n) is 3.30. The first-order valence-electron chi connectivity index (χ1n) is 7.95. The molecule has 2 atom stereocenters. The number of hydrogen-bond donors (Lipinski definition) is 2. The fourth-order valence-corrected chi connectivity index (χ4v) is 3.30. The van der Waals surface area contributed by atoms with Crippen LogP contribution in [0.2, 0.25) is 0 Å². The average Bonchev–Trinajstić information content (AvgIpc) is 2.37. The molecule has 0 radical (unpaired) electrons. The highest BCUT2D eigenvalue weighted by Crippen LogP contribution is 2.34. The van der Waals surface area contributed by atoms with Crippen LogP contribution in [0.15, 0.2) is 0 Å². The second kappa shape index (κ2) is 6.44. The average molecular weight is 283 g/mol. The Bertz CT molecular complexity index is 341. The second-order valence-electron chi connectivity index (χ2n) is 7.27. The van der Waals surface area contributed by atoms with Crippen LogP contribution in [-0.2, 0) is 4.79 Å². The number of primary amides is 1. The molecule has 0 bridgehead atoms. The maximum absolute atomic E-state index is 12.0. The van der Waals surface area contributed by atoms with Gasteiger partial charge < -0.3 is 11.1 Å². The highest BCUT2D eigenvalue weighted by atomic mass is 16.1. The predicted octanol–water partition coefficient (Wildman–Crippen LogP) is 2.27. The van der Waals surface area contributed by atoms with Crippen LogP contribution in [0.3, 0.4) is 0 Å². The third-order valence-electron chi connectivity index (χ3n) is 5.13. The monoisotopic (exact) mass is 283 g/mol. The molecule has 0 heterocycles. The van der Waals surface area contributed by atoms with Crippen molar-refractivity contribution in [3.05, 3.63) is 0 Å². The van der Waals surface area contributed by atoms with Gasteiger partial charge in [-0.2, -0.15) is 0 Å². The van der Waals surface area contributed by atoms with E-state index in [1.807, 2.05) is 0 Å². The quantitative estimate of drug-likeness (QED) is 0.786. The van der Waals surface area contributed by atoms with Crippen LogP contribution in [0, 0.1) is 0 Å². The Labute approximate surface area is 124 Å². The lowest BCUT2D eigenvalue weighted by molar-refractivity contribution is -0.127. The summed E-state index contributed by atoms with van der Waals surface area (Å²) in [5.41, 5.74) is 5.36. The summed E-state index contributed by atoms with van der Waals surface area (Å²) in [5, 5.41) is 3.45. The van der Waals surface area contributed by atoms with Crippen molar-refractivity contribution in [3.63, 3.8) is 0 Å². The lowest BCUT2D eigenvalue weighted by Gasteiger charge is -2.48. The van der Waals surface area contributed by atoms with Crippen molar-refractivity contribution >= 4 is 5.91 Å². The molecule has 1 fully saturated rings. The number of nitrogens with one attached hydrogen (secondary N) is 1. The third-order valence-corrected chi connectivity index (χ3v) is 5.13. The van der Waals surface area contributed by atoms with Crippen molar-refractivity contribution in [2.75, 3.05) is 7.05 Å². The number of carbonyl (C=O) groups excluding carboxylic acids is 1. The molecule has 1 aliphatic carbocycles. The van der Waals surface area contributed by atoms with E-state index in [1.165, 1.54) is 0 Å². The van der Waals surface area contributed by atoms with Gasteiger partial charge in [0.05, 0.1) is 5.54 Å². The normalized spacial score (nSPS) is 28.1. The van der Waals surface area contributed by atoms with Gasteiger partial charge in [-0.3, -0.25) is 9.69 Å². The first-order chi connectivity index (χ1) is 9.14. The van der Waals surface area contributed by atoms with Crippen molar-refractivity contribution in [2.24, 2.45) is 5.73 Å². The van der Waals surface area contributed by atoms with Gasteiger partial charge in [0.15, 0.2) is 0 Å². The van der Waals surface area contributed by atoms with E-state index >= 15 is 0 Å². The van der Waals surface area contributed by atoms with Crippen molar-refractivity contribution in [1.82, 2.24) is 10.2 Å². The zero-order valence-electron chi connectivity index (χ0n) is 14.1. The molecule has 20 heavy (non-hydrogen) atoms. The van der Waals surface area contributed by atoms with Crippen LogP contribution in [0.1, 0.15) is 66.7 Å². The van der Waals surface area contributed by atoms with Crippen LogP contribution in [0.25, 0.3) is 0 Å². The summed E-state index contributed by atoms with van der Waals surface area (Å²) in [4.78, 5) is 14.5. The highest BCUT2D eigenvalue weighted by Gasteiger charge is 2.44. The Morgan fingerprint density at radius 1 is 1.50 bits per heavy atom. The Hall–Kier alpha value is -0.610. The first-order valence-corrected chi connectivity index (χ1v) is 7.95. The zero-order valence-corrected chi connectivity index (χ0v) is 14.1. The van der Waals surface area contributed by atoms with Gasteiger partial charge in [-0.15, -0.1) is 0 Å². The SMILES string of the molecule is CCC(C)(C)N(C)C1CCCC(NC(C)C)(C(N)=O)C1. The van der Waals surface area contributed by atoms with Gasteiger partial charge in [0.25, 0.3) is 0 Å². The molecule has 0 aromatic heterocycles. The van der Waals surface area contributed by atoms with Crippen LogP contribution < -0.4 is 11.1 Å². The minimum absolute atomic E-state index is 0.156. The summed E-state index contributed by atoms with van der Waals surface area (Å²) in [6, 6.07) is 0.684. The molecule has 4 nitrogen and oxygen atoms in total. The van der Waals surface area contributed by atoms with Gasteiger partial charge in [-0.25, -0.2) is 0 Å². The Morgan fingerprint density at radius 3 is 2.55 bits per heavy atom. The molecule has 1 aliphatic rings. The summed E-state index contributed by atoms with van der Waals surface area (Å²) in [5.74, 6) is -0.196. The van der Waals surface area contributed by atoms with Crippen LogP contribution in [0.5, 0.6) is 0 Å². The van der Waals surface area contributed by atoms with Crippen molar-refractivity contribution < 1.29 is 4.79 Å². The summed E-state index contributed by atoms with van der Waals surface area (Å²) < 4.78 is 0. The molecule has 0 aromatic rings. The molecular weight excluding hydrogens is 250 g/mol. The first kappa shape index (κ1) is 17.4. The highest BCUT2D eigenvalue weighted by molar-refractivity contribution is 5.85. The van der Waals surface area contributed by atoms with E-state index < -0.39 is 5.54 Å². The molecular formula is C16H33N3O. The molecule has 4 heteroatoms. The minimum Gasteiger partial charge on any atom is -0.368 e. The molecule has 0 spiro atoms. The van der Waals surface area contributed by atoms with Crippen LogP contribution in [-0.4, -0.2) is 41.0 Å². The molecule has 1 saturated carbocycles. The van der Waals surface area contributed by atoms with E-state index in [0.717, 1.165) is 32.1 Å². The van der Waals surface area contributed by atoms with Gasteiger partial charge in [0, 0.05) is 17.6 Å². The molecule has 3 N–H and O–H groups in total. The Balaban J connectivity index is 2.90. The molecule has 2 unspecified atom stereocenters. The topological polar surface area (TPSA) is 58.4 Å². The number of hydrogen-bond acceptors (Lipinski definition) is 3. The number of amides is 1. The van der Waals surface area contributed by atoms with Gasteiger partial charge in [0.1, 0.15) is 0 Å². The standard InChI is InChI=1S/C16H33N3O/c1-7-15(4,5)19(6)13-9-8-10-16(11-13,14(17)20)18-12(2)3/h12-13,18H,7-11H2,1-6H3,(H2,17,20). The third kappa shape index (κ3) is 3.73. The largest absolute Gasteiger partial charge is 0.368 e. The van der Waals surface area contributed by atoms with E-state index in [-0.39, 0.29) is 17.5 Å². The van der Waals surface area contributed by atoms with E-state index in [0.29, 0.717) is 6.04 Å². The van der Waals surface area contributed by atoms with Crippen molar-refractivity contribution in [3.8, 4) is 0 Å². The maximum Gasteiger partial charge on any atom is 0.237 e. The summed E-state index contributed by atoms with van der Waals surface area (Å²) in [6.45, 7) is 10.9. The van der Waals surface area contributed by atoms with E-state index in [1.54, 1.807) is 0 Å². The number of carbonyl (C=O) groups is 1. The molecule has 0 saturated heterocycles.